The molecule has 0 saturated heterocycles. The predicted molar refractivity (Wildman–Crippen MR) is 72.3 cm³/mol. The van der Waals surface area contributed by atoms with Crippen molar-refractivity contribution in [3.8, 4) is 0 Å². The zero-order valence-corrected chi connectivity index (χ0v) is 10.8. The van der Waals surface area contributed by atoms with Gasteiger partial charge in [0.25, 0.3) is 11.6 Å². The Kier molecular flexibility index (Phi) is 3.91. The first-order valence-electron chi connectivity index (χ1n) is 5.43. The Morgan fingerprint density at radius 1 is 1.42 bits per heavy atom. The molecule has 0 aromatic heterocycles. The van der Waals surface area contributed by atoms with E-state index in [1.54, 1.807) is 0 Å². The summed E-state index contributed by atoms with van der Waals surface area (Å²) in [6, 6.07) is 5.26. The predicted octanol–water partition coefficient (Wildman–Crippen LogP) is 2.17. The van der Waals surface area contributed by atoms with Gasteiger partial charge in [-0.1, -0.05) is 6.92 Å². The van der Waals surface area contributed by atoms with Crippen molar-refractivity contribution in [3.05, 3.63) is 39.9 Å². The van der Waals surface area contributed by atoms with Gasteiger partial charge < -0.3 is 0 Å². The van der Waals surface area contributed by atoms with Crippen LogP contribution in [0.2, 0.25) is 0 Å². The van der Waals surface area contributed by atoms with Crippen LogP contribution in [-0.4, -0.2) is 21.0 Å². The van der Waals surface area contributed by atoms with E-state index in [0.717, 1.165) is 11.5 Å². The number of nitrogens with zero attached hydrogens (tertiary/aromatic N) is 4. The highest BCUT2D eigenvalue weighted by Gasteiger charge is 2.17. The Morgan fingerprint density at radius 2 is 2.11 bits per heavy atom. The van der Waals surface area contributed by atoms with E-state index < -0.39 is 10.8 Å². The van der Waals surface area contributed by atoms with Crippen molar-refractivity contribution < 1.29 is 9.72 Å². The number of benzene rings is 1. The van der Waals surface area contributed by atoms with Crippen LogP contribution in [0.5, 0.6) is 0 Å². The minimum atomic E-state index is -0.524. The van der Waals surface area contributed by atoms with Crippen molar-refractivity contribution in [1.82, 2.24) is 5.43 Å². The van der Waals surface area contributed by atoms with Crippen molar-refractivity contribution in [1.29, 1.82) is 0 Å². The zero-order valence-electron chi connectivity index (χ0n) is 9.94. The number of amides is 1. The van der Waals surface area contributed by atoms with E-state index >= 15 is 0 Å². The SMILES string of the molecule is CCC1=N[N]C(=NC(=O)c2ccc([N+](=O)[O-])cc2)S1. The summed E-state index contributed by atoms with van der Waals surface area (Å²) in [7, 11) is 0. The number of thioether (sulfide) groups is 1. The van der Waals surface area contributed by atoms with Crippen molar-refractivity contribution in [2.45, 2.75) is 13.3 Å². The average Bonchev–Trinajstić information content (AvgIpc) is 2.86. The summed E-state index contributed by atoms with van der Waals surface area (Å²) in [5.74, 6) is -0.492. The highest BCUT2D eigenvalue weighted by molar-refractivity contribution is 8.26. The fourth-order valence-electron chi connectivity index (χ4n) is 1.31. The number of non-ortho nitro benzene ring substituents is 1. The molecule has 0 unspecified atom stereocenters. The lowest BCUT2D eigenvalue weighted by Gasteiger charge is -1.96. The summed E-state index contributed by atoms with van der Waals surface area (Å²) in [4.78, 5) is 25.6. The van der Waals surface area contributed by atoms with E-state index in [1.807, 2.05) is 6.92 Å². The molecule has 0 atom stereocenters. The first-order chi connectivity index (χ1) is 9.10. The summed E-state index contributed by atoms with van der Waals surface area (Å²) in [6.07, 6.45) is 0.735. The maximum absolute atomic E-state index is 11.8. The Labute approximate surface area is 112 Å². The highest BCUT2D eigenvalue weighted by atomic mass is 32.2. The lowest BCUT2D eigenvalue weighted by molar-refractivity contribution is -0.384. The smallest absolute Gasteiger partial charge is 0.267 e. The van der Waals surface area contributed by atoms with Crippen molar-refractivity contribution in [3.63, 3.8) is 0 Å². The minimum absolute atomic E-state index is 0.0688. The molecule has 2 rings (SSSR count). The highest BCUT2D eigenvalue weighted by Crippen LogP contribution is 2.17. The number of aliphatic imine (C=N–C) groups is 1. The molecule has 1 aromatic carbocycles. The average molecular weight is 277 g/mol. The van der Waals surface area contributed by atoms with Crippen LogP contribution in [0.25, 0.3) is 0 Å². The molecule has 0 fully saturated rings. The Hall–Kier alpha value is -2.22. The van der Waals surface area contributed by atoms with E-state index in [-0.39, 0.29) is 11.3 Å². The van der Waals surface area contributed by atoms with E-state index in [1.165, 1.54) is 36.0 Å². The van der Waals surface area contributed by atoms with Crippen molar-refractivity contribution in [2.75, 3.05) is 0 Å². The lowest BCUT2D eigenvalue weighted by atomic mass is 10.2. The third-order valence-corrected chi connectivity index (χ3v) is 3.24. The number of nitro groups is 1. The third-order valence-electron chi connectivity index (χ3n) is 2.28. The number of nitro benzene ring substituents is 1. The third kappa shape index (κ3) is 3.16. The summed E-state index contributed by atoms with van der Waals surface area (Å²) >= 11 is 1.25. The first-order valence-corrected chi connectivity index (χ1v) is 6.24. The molecule has 0 aliphatic carbocycles. The molecular formula is C11H9N4O3S. The Bertz CT molecular complexity index is 580. The van der Waals surface area contributed by atoms with Crippen LogP contribution in [0.3, 0.4) is 0 Å². The molecule has 8 heteroatoms. The summed E-state index contributed by atoms with van der Waals surface area (Å²) in [5.41, 5.74) is 3.98. The van der Waals surface area contributed by atoms with Crippen LogP contribution in [0.1, 0.15) is 23.7 Å². The van der Waals surface area contributed by atoms with Crippen LogP contribution < -0.4 is 5.43 Å². The maximum Gasteiger partial charge on any atom is 0.279 e. The van der Waals surface area contributed by atoms with Gasteiger partial charge in [0.2, 0.25) is 5.17 Å². The second kappa shape index (κ2) is 5.61. The normalized spacial score (nSPS) is 16.1. The molecule has 1 radical (unpaired) electrons. The van der Waals surface area contributed by atoms with Crippen molar-refractivity contribution >= 4 is 33.6 Å². The van der Waals surface area contributed by atoms with Crippen LogP contribution >= 0.6 is 11.8 Å². The summed E-state index contributed by atoms with van der Waals surface area (Å²) in [5, 5.41) is 15.4. The number of rotatable bonds is 3. The van der Waals surface area contributed by atoms with Crippen LogP contribution in [-0.2, 0) is 0 Å². The molecule has 1 aliphatic rings. The van der Waals surface area contributed by atoms with Gasteiger partial charge in [0.15, 0.2) is 0 Å². The number of amidine groups is 1. The van der Waals surface area contributed by atoms with E-state index in [9.17, 15) is 14.9 Å². The molecule has 1 heterocycles. The second-order valence-electron chi connectivity index (χ2n) is 3.55. The molecule has 0 bridgehead atoms. The molecule has 7 nitrogen and oxygen atoms in total. The Morgan fingerprint density at radius 3 is 2.63 bits per heavy atom. The largest absolute Gasteiger partial charge is 0.279 e. The maximum atomic E-state index is 11.8. The van der Waals surface area contributed by atoms with Crippen LogP contribution in [0, 0.1) is 10.1 Å². The fraction of sp³-hybridized carbons (Fsp3) is 0.182. The van der Waals surface area contributed by atoms with Gasteiger partial charge in [0, 0.05) is 17.7 Å². The van der Waals surface area contributed by atoms with Gasteiger partial charge in [-0.05, 0) is 30.3 Å². The molecule has 1 aromatic rings. The molecule has 0 spiro atoms. The van der Waals surface area contributed by atoms with Gasteiger partial charge in [-0.15, -0.1) is 10.5 Å². The molecular weight excluding hydrogens is 268 g/mol. The molecule has 97 valence electrons. The first kappa shape index (κ1) is 13.2. The van der Waals surface area contributed by atoms with Crippen molar-refractivity contribution in [2.24, 2.45) is 10.1 Å². The van der Waals surface area contributed by atoms with E-state index in [4.69, 9.17) is 0 Å². The molecule has 0 N–H and O–H groups in total. The monoisotopic (exact) mass is 277 g/mol. The molecule has 1 amide bonds. The van der Waals surface area contributed by atoms with Gasteiger partial charge in [0.1, 0.15) is 5.04 Å². The standard InChI is InChI=1S/C11H9N4O3S/c1-2-9-13-14-11(19-9)12-10(16)7-3-5-8(6-4-7)15(17)18/h3-6H,2H2,1H3. The van der Waals surface area contributed by atoms with E-state index in [0.29, 0.717) is 5.17 Å². The van der Waals surface area contributed by atoms with Gasteiger partial charge >= 0.3 is 0 Å². The summed E-state index contributed by atoms with van der Waals surface area (Å²) in [6.45, 7) is 1.93. The molecule has 1 aliphatic heterocycles. The van der Waals surface area contributed by atoms with E-state index in [2.05, 4.69) is 15.5 Å². The number of hydrogen-bond donors (Lipinski definition) is 0. The zero-order chi connectivity index (χ0) is 13.8. The number of carbonyl (C=O) groups is 1. The fourth-order valence-corrected chi connectivity index (χ4v) is 1.96. The van der Waals surface area contributed by atoms with Gasteiger partial charge in [-0.25, -0.2) is 0 Å². The number of hydrogen-bond acceptors (Lipinski definition) is 5. The lowest BCUT2D eigenvalue weighted by Crippen LogP contribution is -2.05. The number of carbonyl (C=O) groups excluding carboxylic acids is 1. The van der Waals surface area contributed by atoms with Gasteiger partial charge in [-0.3, -0.25) is 14.9 Å². The molecule has 19 heavy (non-hydrogen) atoms. The van der Waals surface area contributed by atoms with Gasteiger partial charge in [0.05, 0.1) is 4.92 Å². The summed E-state index contributed by atoms with van der Waals surface area (Å²) < 4.78 is 0. The minimum Gasteiger partial charge on any atom is -0.267 e. The molecule has 0 saturated carbocycles. The van der Waals surface area contributed by atoms with Gasteiger partial charge in [-0.2, -0.15) is 4.99 Å². The van der Waals surface area contributed by atoms with Crippen LogP contribution in [0.15, 0.2) is 34.4 Å². The quantitative estimate of drug-likeness (QED) is 0.624. The second-order valence-corrected chi connectivity index (χ2v) is 4.59. The Balaban J connectivity index is 2.09. The van der Waals surface area contributed by atoms with Crippen LogP contribution in [0.4, 0.5) is 5.69 Å². The topological polar surface area (TPSA) is 99.0 Å².